The molecule has 1 aromatic carbocycles. The van der Waals surface area contributed by atoms with Crippen LogP contribution in [0, 0.1) is 31.2 Å². The number of primary amides is 1. The second-order valence-electron chi connectivity index (χ2n) is 9.15. The molecular weight excluding hydrogens is 512 g/mol. The number of amides is 3. The van der Waals surface area contributed by atoms with Crippen molar-refractivity contribution in [3.63, 3.8) is 0 Å². The van der Waals surface area contributed by atoms with E-state index < -0.39 is 6.03 Å². The van der Waals surface area contributed by atoms with Gasteiger partial charge in [0.25, 0.3) is 0 Å². The minimum atomic E-state index is -0.426. The highest BCUT2D eigenvalue weighted by molar-refractivity contribution is 5.86. The highest BCUT2D eigenvalue weighted by Gasteiger charge is 2.20. The summed E-state index contributed by atoms with van der Waals surface area (Å²) in [6, 6.07) is 7.42. The van der Waals surface area contributed by atoms with Crippen molar-refractivity contribution in [2.75, 3.05) is 33.2 Å². The summed E-state index contributed by atoms with van der Waals surface area (Å²) < 4.78 is 5.43. The van der Waals surface area contributed by atoms with E-state index in [9.17, 15) is 14.4 Å². The summed E-state index contributed by atoms with van der Waals surface area (Å²) in [4.78, 5) is 39.6. The molecule has 216 valence electrons. The SMILES string of the molecule is C#C.CN1CCC[C@H]1CNC(N)=O.Cc1cc2cc(N=C(N)NC#N)ccc2o1.O=CCN1CCCCCC1=O. The van der Waals surface area contributed by atoms with Crippen LogP contribution in [0.3, 0.4) is 0 Å². The van der Waals surface area contributed by atoms with Gasteiger partial charge >= 0.3 is 6.03 Å². The highest BCUT2D eigenvalue weighted by atomic mass is 16.3. The summed E-state index contributed by atoms with van der Waals surface area (Å²) in [5, 5.41) is 14.2. The fraction of sp³-hybridized carbons (Fsp3) is 0.464. The van der Waals surface area contributed by atoms with Crippen LogP contribution in [0.5, 0.6) is 0 Å². The first kappa shape index (κ1) is 33.5. The molecule has 3 heterocycles. The number of likely N-dealkylation sites (tertiary alicyclic amines) is 2. The molecule has 6 N–H and O–H groups in total. The van der Waals surface area contributed by atoms with Gasteiger partial charge in [-0.2, -0.15) is 5.26 Å². The third kappa shape index (κ3) is 12.3. The van der Waals surface area contributed by atoms with Gasteiger partial charge in [-0.1, -0.05) is 6.42 Å². The Morgan fingerprint density at radius 1 is 1.23 bits per heavy atom. The van der Waals surface area contributed by atoms with Crippen LogP contribution in [-0.2, 0) is 9.59 Å². The number of aryl methyl sites for hydroxylation is 1. The van der Waals surface area contributed by atoms with E-state index in [2.05, 4.69) is 40.4 Å². The van der Waals surface area contributed by atoms with Crippen LogP contribution in [0.1, 0.15) is 44.3 Å². The summed E-state index contributed by atoms with van der Waals surface area (Å²) in [5.74, 6) is 1.05. The summed E-state index contributed by atoms with van der Waals surface area (Å²) in [7, 11) is 2.07. The first-order chi connectivity index (χ1) is 19.2. The van der Waals surface area contributed by atoms with E-state index in [4.69, 9.17) is 21.1 Å². The van der Waals surface area contributed by atoms with E-state index in [1.165, 1.54) is 6.42 Å². The van der Waals surface area contributed by atoms with Gasteiger partial charge in [-0.15, -0.1) is 12.8 Å². The molecule has 2 aromatic rings. The number of hydrogen-bond acceptors (Lipinski definition) is 7. The van der Waals surface area contributed by atoms with Gasteiger partial charge in [0.05, 0.1) is 12.2 Å². The fourth-order valence-corrected chi connectivity index (χ4v) is 4.23. The number of terminal acetylenes is 1. The molecule has 2 aliphatic rings. The van der Waals surface area contributed by atoms with Gasteiger partial charge in [0, 0.05) is 30.9 Å². The maximum Gasteiger partial charge on any atom is 0.312 e. The van der Waals surface area contributed by atoms with Gasteiger partial charge in [0.1, 0.15) is 17.6 Å². The number of nitriles is 1. The van der Waals surface area contributed by atoms with E-state index in [-0.39, 0.29) is 18.4 Å². The van der Waals surface area contributed by atoms with Crippen molar-refractivity contribution < 1.29 is 18.8 Å². The number of nitrogens with two attached hydrogens (primary N) is 2. The second-order valence-corrected chi connectivity index (χ2v) is 9.15. The van der Waals surface area contributed by atoms with Crippen LogP contribution in [0.25, 0.3) is 11.0 Å². The maximum atomic E-state index is 11.2. The first-order valence-electron chi connectivity index (χ1n) is 13.0. The molecule has 0 aliphatic carbocycles. The molecule has 1 atom stereocenters. The van der Waals surface area contributed by atoms with E-state index in [1.807, 2.05) is 25.1 Å². The van der Waals surface area contributed by atoms with Crippen LogP contribution in [0.15, 0.2) is 33.7 Å². The molecule has 12 heteroatoms. The third-order valence-corrected chi connectivity index (χ3v) is 6.21. The lowest BCUT2D eigenvalue weighted by molar-refractivity contribution is -0.132. The number of rotatable bonds is 5. The Morgan fingerprint density at radius 3 is 2.60 bits per heavy atom. The number of carbonyl (C=O) groups is 3. The zero-order valence-corrected chi connectivity index (χ0v) is 23.3. The Kier molecular flexibility index (Phi) is 15.6. The number of guanidine groups is 1. The van der Waals surface area contributed by atoms with Crippen molar-refractivity contribution in [3.05, 3.63) is 30.0 Å². The van der Waals surface area contributed by atoms with Crippen LogP contribution in [-0.4, -0.2) is 73.3 Å². The molecule has 2 fully saturated rings. The largest absolute Gasteiger partial charge is 0.461 e. The third-order valence-electron chi connectivity index (χ3n) is 6.21. The number of nitrogens with one attached hydrogen (secondary N) is 2. The molecule has 4 rings (SSSR count). The number of likely N-dealkylation sites (N-methyl/N-ethyl adjacent to an activating group) is 1. The molecule has 40 heavy (non-hydrogen) atoms. The Bertz CT molecular complexity index is 1180. The van der Waals surface area contributed by atoms with Gasteiger partial charge in [0.15, 0.2) is 6.19 Å². The Morgan fingerprint density at radius 2 is 1.98 bits per heavy atom. The molecule has 3 amide bonds. The van der Waals surface area contributed by atoms with E-state index in [0.29, 0.717) is 24.7 Å². The smallest absolute Gasteiger partial charge is 0.312 e. The summed E-state index contributed by atoms with van der Waals surface area (Å²) in [6.45, 7) is 4.74. The molecule has 0 unspecified atom stereocenters. The van der Waals surface area contributed by atoms with Gasteiger partial charge in [-0.25, -0.2) is 9.79 Å². The molecular formula is C28H40N8O4. The zero-order chi connectivity index (χ0) is 29.9. The summed E-state index contributed by atoms with van der Waals surface area (Å²) in [5.41, 5.74) is 11.9. The number of aldehydes is 1. The molecule has 2 aliphatic heterocycles. The minimum absolute atomic E-state index is 0.0714. The molecule has 0 saturated carbocycles. The normalized spacial score (nSPS) is 17.0. The lowest BCUT2D eigenvalue weighted by Gasteiger charge is -2.18. The van der Waals surface area contributed by atoms with Crippen molar-refractivity contribution >= 4 is 40.8 Å². The maximum absolute atomic E-state index is 11.2. The predicted molar refractivity (Wildman–Crippen MR) is 155 cm³/mol. The topological polar surface area (TPSA) is 183 Å². The van der Waals surface area contributed by atoms with Crippen molar-refractivity contribution in [3.8, 4) is 19.0 Å². The zero-order valence-electron chi connectivity index (χ0n) is 23.3. The van der Waals surface area contributed by atoms with Gasteiger partial charge < -0.3 is 35.8 Å². The van der Waals surface area contributed by atoms with Crippen molar-refractivity contribution in [1.82, 2.24) is 20.4 Å². The van der Waals surface area contributed by atoms with Crippen LogP contribution in [0.2, 0.25) is 0 Å². The minimum Gasteiger partial charge on any atom is -0.461 e. The first-order valence-corrected chi connectivity index (χ1v) is 13.0. The van der Waals surface area contributed by atoms with E-state index in [0.717, 1.165) is 61.8 Å². The molecule has 0 bridgehead atoms. The van der Waals surface area contributed by atoms with Crippen molar-refractivity contribution in [2.45, 2.75) is 51.5 Å². The fourth-order valence-electron chi connectivity index (χ4n) is 4.23. The van der Waals surface area contributed by atoms with Gasteiger partial charge in [-0.3, -0.25) is 10.1 Å². The number of furan rings is 1. The average molecular weight is 553 g/mol. The van der Waals surface area contributed by atoms with Crippen LogP contribution in [0.4, 0.5) is 10.5 Å². The Balaban J connectivity index is 0.000000299. The van der Waals surface area contributed by atoms with E-state index >= 15 is 0 Å². The number of carbonyl (C=O) groups excluding carboxylic acids is 3. The monoisotopic (exact) mass is 552 g/mol. The molecule has 1 aromatic heterocycles. The lowest BCUT2D eigenvalue weighted by atomic mass is 10.2. The predicted octanol–water partition coefficient (Wildman–Crippen LogP) is 2.34. The van der Waals surface area contributed by atoms with Crippen molar-refractivity contribution in [2.24, 2.45) is 16.5 Å². The van der Waals surface area contributed by atoms with Gasteiger partial charge in [-0.05, 0) is 70.5 Å². The Labute approximate surface area is 235 Å². The number of hydrogen-bond donors (Lipinski definition) is 4. The number of nitrogens with zero attached hydrogens (tertiary/aromatic N) is 4. The van der Waals surface area contributed by atoms with Gasteiger partial charge in [0.2, 0.25) is 11.9 Å². The van der Waals surface area contributed by atoms with Crippen molar-refractivity contribution in [1.29, 1.82) is 5.26 Å². The van der Waals surface area contributed by atoms with Crippen LogP contribution >= 0.6 is 0 Å². The van der Waals surface area contributed by atoms with E-state index in [1.54, 1.807) is 17.2 Å². The molecule has 0 radical (unpaired) electrons. The number of fused-ring (bicyclic) bond motifs is 1. The summed E-state index contributed by atoms with van der Waals surface area (Å²) in [6.07, 6.45) is 16.6. The second kappa shape index (κ2) is 18.7. The number of benzene rings is 1. The van der Waals surface area contributed by atoms with Crippen LogP contribution < -0.4 is 22.1 Å². The number of aliphatic imine (C=N–C) groups is 1. The number of urea groups is 1. The summed E-state index contributed by atoms with van der Waals surface area (Å²) >= 11 is 0. The molecule has 12 nitrogen and oxygen atoms in total. The molecule has 2 saturated heterocycles. The molecule has 0 spiro atoms. The Hall–Kier alpha value is -4.55. The quantitative estimate of drug-likeness (QED) is 0.109. The lowest BCUT2D eigenvalue weighted by Crippen LogP contribution is -2.40. The average Bonchev–Trinajstić information content (AvgIpc) is 3.45. The highest BCUT2D eigenvalue weighted by Crippen LogP contribution is 2.24. The standard InChI is InChI=1S/C11H10N4O.C8H13NO2.C7H15N3O.C2H2/c1-7-4-8-5-9(2-3-10(8)16-7)15-11(13)14-6-12;10-7-6-9-5-3-1-2-4-8(9)11;1-10-4-2-3-6(10)5-9-7(8)11;1-2/h2-5H,1H3,(H3,13,14,15);7H,1-6H2;6H,2-5H2,1H3,(H3,8,9,11);1-2H/t;;6-;/m..0./s1.